The number of ether oxygens (including phenoxy) is 3. The number of hydrogen-bond donors (Lipinski definition) is 1. The van der Waals surface area contributed by atoms with Crippen molar-refractivity contribution in [3.8, 4) is 62.8 Å². The number of methoxy groups -OCH3 is 3. The minimum absolute atomic E-state index is 0.0314. The van der Waals surface area contributed by atoms with Crippen LogP contribution in [0.5, 0.6) is 17.2 Å². The van der Waals surface area contributed by atoms with Crippen LogP contribution in [0.4, 0.5) is 0 Å². The fourth-order valence-electron chi connectivity index (χ4n) is 11.7. The SMILES string of the molecule is COc1cc2c(cc1-c1c(C)noc1C)cc(C(C)(C)C#N)c(=O)n2Cc1ccccn1.COc1cc2c(cc1-c1c(C)noc1C)cc(C(C)(C)C(=O)O)c(=O)n2Cc1ccccn1.COc1cc2c(cc1-c1c(C)noc1C)cc(CC#N)c(=O)n2Cc1ccccn1. The number of nitrogens with zero attached hydrogens (tertiary/aromatic N) is 11. The summed E-state index contributed by atoms with van der Waals surface area (Å²) < 4.78 is 37.9. The molecule has 95 heavy (non-hydrogen) atoms. The molecule has 0 aliphatic rings. The molecule has 0 saturated carbocycles. The molecule has 0 aliphatic heterocycles. The summed E-state index contributed by atoms with van der Waals surface area (Å²) in [4.78, 5) is 65.3. The van der Waals surface area contributed by atoms with Gasteiger partial charge in [-0.1, -0.05) is 33.7 Å². The normalized spacial score (nSPS) is 11.4. The highest BCUT2D eigenvalue weighted by atomic mass is 16.5. The largest absolute Gasteiger partial charge is 0.496 e. The van der Waals surface area contributed by atoms with Gasteiger partial charge in [0.1, 0.15) is 34.5 Å². The van der Waals surface area contributed by atoms with Gasteiger partial charge in [0.05, 0.1) is 138 Å². The zero-order chi connectivity index (χ0) is 68.2. The van der Waals surface area contributed by atoms with E-state index >= 15 is 0 Å². The number of pyridine rings is 6. The molecule has 22 heteroatoms. The van der Waals surface area contributed by atoms with Gasteiger partial charge in [0.2, 0.25) is 0 Å². The van der Waals surface area contributed by atoms with E-state index in [4.69, 9.17) is 27.8 Å². The molecule has 9 heterocycles. The van der Waals surface area contributed by atoms with E-state index in [1.165, 1.54) is 13.8 Å². The quantitative estimate of drug-likeness (QED) is 0.0940. The number of carbonyl (C=O) groups is 1. The lowest BCUT2D eigenvalue weighted by Gasteiger charge is -2.22. The maximum Gasteiger partial charge on any atom is 0.313 e. The molecule has 0 saturated heterocycles. The molecule has 0 bridgehead atoms. The van der Waals surface area contributed by atoms with Crippen molar-refractivity contribution in [2.45, 2.75) is 106 Å². The molecular formula is C73H69N11O11. The Morgan fingerprint density at radius 1 is 0.505 bits per heavy atom. The van der Waals surface area contributed by atoms with E-state index in [2.05, 4.69) is 42.6 Å². The van der Waals surface area contributed by atoms with Crippen molar-refractivity contribution in [3.63, 3.8) is 0 Å². The number of nitriles is 2. The summed E-state index contributed by atoms with van der Waals surface area (Å²) in [5.74, 6) is 2.69. The fraction of sp³-hybridized carbons (Fsp3) is 0.260. The van der Waals surface area contributed by atoms with Gasteiger partial charge in [0.25, 0.3) is 16.7 Å². The Hall–Kier alpha value is -11.8. The number of carboxylic acid groups (broad SMARTS) is 1. The number of rotatable bonds is 16. The molecule has 12 rings (SSSR count). The van der Waals surface area contributed by atoms with Crippen molar-refractivity contribution in [3.05, 3.63) is 227 Å². The second-order valence-electron chi connectivity index (χ2n) is 23.9. The molecule has 0 spiro atoms. The van der Waals surface area contributed by atoms with Crippen molar-refractivity contribution >= 4 is 38.7 Å². The predicted molar refractivity (Wildman–Crippen MR) is 358 cm³/mol. The van der Waals surface area contributed by atoms with E-state index < -0.39 is 16.8 Å². The third kappa shape index (κ3) is 13.1. The highest BCUT2D eigenvalue weighted by Gasteiger charge is 2.34. The Bertz CT molecular complexity index is 5130. The van der Waals surface area contributed by atoms with E-state index in [9.17, 15) is 34.8 Å². The topological polar surface area (TPSA) is 295 Å². The van der Waals surface area contributed by atoms with Gasteiger partial charge in [-0.2, -0.15) is 10.5 Å². The molecule has 0 unspecified atom stereocenters. The van der Waals surface area contributed by atoms with E-state index in [0.717, 1.165) is 66.9 Å². The predicted octanol–water partition coefficient (Wildman–Crippen LogP) is 12.4. The number of fused-ring (bicyclic) bond motifs is 3. The first kappa shape index (κ1) is 66.2. The summed E-state index contributed by atoms with van der Waals surface area (Å²) in [6.45, 7) is 18.4. The van der Waals surface area contributed by atoms with Gasteiger partial charge < -0.3 is 46.6 Å². The van der Waals surface area contributed by atoms with Crippen molar-refractivity contribution in [2.75, 3.05) is 21.3 Å². The highest BCUT2D eigenvalue weighted by molar-refractivity contribution is 5.93. The first-order valence-electron chi connectivity index (χ1n) is 30.2. The van der Waals surface area contributed by atoms with Gasteiger partial charge in [0, 0.05) is 70.2 Å². The first-order chi connectivity index (χ1) is 45.4. The number of aryl methyl sites for hydroxylation is 6. The van der Waals surface area contributed by atoms with Crippen LogP contribution >= 0.6 is 0 Å². The van der Waals surface area contributed by atoms with Crippen LogP contribution in [0.15, 0.2) is 156 Å². The fourth-order valence-corrected chi connectivity index (χ4v) is 11.7. The number of carboxylic acids is 1. The molecule has 0 amide bonds. The number of hydrogen-bond acceptors (Lipinski definition) is 18. The van der Waals surface area contributed by atoms with Gasteiger partial charge in [-0.15, -0.1) is 0 Å². The molecule has 0 atom stereocenters. The molecule has 482 valence electrons. The summed E-state index contributed by atoms with van der Waals surface area (Å²) in [5.41, 5.74) is 9.23. The molecule has 0 fully saturated rings. The number of benzene rings is 3. The van der Waals surface area contributed by atoms with Crippen LogP contribution < -0.4 is 30.9 Å². The van der Waals surface area contributed by atoms with E-state index in [0.29, 0.717) is 85.5 Å². The average Bonchev–Trinajstić information content (AvgIpc) is 1.24. The monoisotopic (exact) mass is 1280 g/mol. The lowest BCUT2D eigenvalue weighted by atomic mass is 9.84. The first-order valence-corrected chi connectivity index (χ1v) is 30.2. The summed E-state index contributed by atoms with van der Waals surface area (Å²) >= 11 is 0. The van der Waals surface area contributed by atoms with Crippen LogP contribution in [-0.4, -0.2) is 76.5 Å². The molecule has 12 aromatic rings. The van der Waals surface area contributed by atoms with Crippen LogP contribution in [0.2, 0.25) is 0 Å². The van der Waals surface area contributed by atoms with E-state index in [1.54, 1.807) is 97.8 Å². The Balaban J connectivity index is 0.000000155. The maximum atomic E-state index is 13.6. The molecule has 0 radical (unpaired) electrons. The molecular weight excluding hydrogens is 1210 g/mol. The second-order valence-corrected chi connectivity index (χ2v) is 23.9. The van der Waals surface area contributed by atoms with Crippen LogP contribution in [0.25, 0.3) is 66.1 Å². The lowest BCUT2D eigenvalue weighted by Crippen LogP contribution is -2.37. The second kappa shape index (κ2) is 27.2. The van der Waals surface area contributed by atoms with Gasteiger partial charge in [-0.05, 0) is 158 Å². The smallest absolute Gasteiger partial charge is 0.313 e. The van der Waals surface area contributed by atoms with Crippen molar-refractivity contribution in [1.82, 2.24) is 44.1 Å². The van der Waals surface area contributed by atoms with Crippen molar-refractivity contribution in [2.24, 2.45) is 0 Å². The van der Waals surface area contributed by atoms with Gasteiger partial charge in [-0.3, -0.25) is 34.1 Å². The zero-order valence-electron chi connectivity index (χ0n) is 54.9. The van der Waals surface area contributed by atoms with Crippen LogP contribution in [-0.2, 0) is 41.7 Å². The van der Waals surface area contributed by atoms with Crippen molar-refractivity contribution < 1.29 is 37.7 Å². The van der Waals surface area contributed by atoms with Gasteiger partial charge in [0.15, 0.2) is 0 Å². The third-order valence-electron chi connectivity index (χ3n) is 16.8. The molecule has 0 aliphatic carbocycles. The van der Waals surface area contributed by atoms with Crippen LogP contribution in [0, 0.1) is 64.2 Å². The summed E-state index contributed by atoms with van der Waals surface area (Å²) in [5, 5.41) is 43.3. The zero-order valence-corrected chi connectivity index (χ0v) is 54.9. The Morgan fingerprint density at radius 2 is 0.853 bits per heavy atom. The van der Waals surface area contributed by atoms with Crippen LogP contribution in [0.3, 0.4) is 0 Å². The van der Waals surface area contributed by atoms with E-state index in [1.807, 2.05) is 120 Å². The molecule has 1 N–H and O–H groups in total. The minimum Gasteiger partial charge on any atom is -0.496 e. The summed E-state index contributed by atoms with van der Waals surface area (Å²) in [7, 11) is 4.75. The Labute approximate surface area is 545 Å². The van der Waals surface area contributed by atoms with E-state index in [-0.39, 0.29) is 41.8 Å². The number of aliphatic carboxylic acids is 1. The third-order valence-corrected chi connectivity index (χ3v) is 16.8. The Morgan fingerprint density at radius 3 is 1.16 bits per heavy atom. The summed E-state index contributed by atoms with van der Waals surface area (Å²) in [6, 6.07) is 37.5. The molecule has 9 aromatic heterocycles. The Kier molecular flexibility index (Phi) is 18.9. The lowest BCUT2D eigenvalue weighted by molar-refractivity contribution is -0.142. The summed E-state index contributed by atoms with van der Waals surface area (Å²) in [6.07, 6.45) is 5.08. The highest BCUT2D eigenvalue weighted by Crippen LogP contribution is 2.42. The standard InChI is InChI=1S/C25H24N4O3.C25H25N3O5.C23H20N4O3/c1-15-23(16(2)32-28-15)19-10-17-11-20(25(3,4)14-26)24(30)29(21(17)12-22(19)31-5)13-18-8-6-7-9-27-18;1-14-22(15(2)33-27-14)18-10-16-11-19(25(3,4)24(30)31)23(29)28(20(16)12-21(18)32-5)13-17-8-6-7-9-26-17;1-14-22(15(2)30-26-14)19-11-17-10-16(7-8-24)23(28)27(20(17)12-21(19)29-3)13-18-6-4-5-9-25-18/h6-12H,13H2,1-5H3;6-12H,13H2,1-5H3,(H,30,31);4-6,9-12H,7,13H2,1-3H3. The van der Waals surface area contributed by atoms with Gasteiger partial charge >= 0.3 is 5.97 Å². The average molecular weight is 1280 g/mol. The minimum atomic E-state index is -1.39. The number of aromatic nitrogens is 9. The van der Waals surface area contributed by atoms with Crippen LogP contribution in [0.1, 0.15) is 95.8 Å². The van der Waals surface area contributed by atoms with Crippen molar-refractivity contribution in [1.29, 1.82) is 10.5 Å². The molecule has 22 nitrogen and oxygen atoms in total. The maximum absolute atomic E-state index is 13.6. The van der Waals surface area contributed by atoms with Gasteiger partial charge in [-0.25, -0.2) is 0 Å². The molecule has 3 aromatic carbocycles.